The van der Waals surface area contributed by atoms with Gasteiger partial charge >= 0.3 is 5.97 Å². The van der Waals surface area contributed by atoms with Crippen molar-refractivity contribution < 1.29 is 23.8 Å². The van der Waals surface area contributed by atoms with Gasteiger partial charge in [-0.25, -0.2) is 9.18 Å². The molecule has 4 aromatic rings. The number of aromatic nitrogens is 1. The van der Waals surface area contributed by atoms with Gasteiger partial charge in [0.05, 0.1) is 30.0 Å². The number of hydrogen-bond donors (Lipinski definition) is 1. The van der Waals surface area contributed by atoms with Crippen LogP contribution in [-0.2, 0) is 0 Å². The Kier molecular flexibility index (Phi) is 5.44. The lowest BCUT2D eigenvalue weighted by molar-refractivity contribution is 0.0697. The third kappa shape index (κ3) is 4.39. The molecule has 1 saturated heterocycles. The summed E-state index contributed by atoms with van der Waals surface area (Å²) in [6.07, 6.45) is 3.67. The highest BCUT2D eigenvalue weighted by Crippen LogP contribution is 2.33. The second kappa shape index (κ2) is 8.70. The lowest BCUT2D eigenvalue weighted by Crippen LogP contribution is -2.54. The molecule has 33 heavy (non-hydrogen) atoms. The van der Waals surface area contributed by atoms with Crippen LogP contribution in [-0.4, -0.2) is 34.8 Å². The van der Waals surface area contributed by atoms with E-state index < -0.39 is 5.97 Å². The Labute approximate surface area is 190 Å². The number of benzene rings is 3. The van der Waals surface area contributed by atoms with Crippen molar-refractivity contribution in [1.29, 1.82) is 0 Å². The minimum atomic E-state index is -0.961. The summed E-state index contributed by atoms with van der Waals surface area (Å²) in [4.78, 5) is 13.9. The van der Waals surface area contributed by atoms with E-state index in [9.17, 15) is 14.3 Å². The Morgan fingerprint density at radius 1 is 0.848 bits per heavy atom. The molecule has 5 rings (SSSR count). The number of ether oxygens (including phenoxy) is 2. The second-order valence-corrected chi connectivity index (χ2v) is 7.74. The van der Waals surface area contributed by atoms with Gasteiger partial charge in [-0.05, 0) is 72.8 Å². The number of para-hydroxylation sites is 1. The third-order valence-electron chi connectivity index (χ3n) is 5.47. The number of anilines is 1. The Bertz CT molecular complexity index is 1250. The van der Waals surface area contributed by atoms with E-state index in [1.54, 1.807) is 36.4 Å². The zero-order valence-electron chi connectivity index (χ0n) is 17.6. The number of nitrogens with zero attached hydrogens (tertiary/aromatic N) is 2. The molecule has 7 heteroatoms. The molecular formula is C26H21FN2O4. The van der Waals surface area contributed by atoms with Crippen molar-refractivity contribution in [2.24, 2.45) is 0 Å². The van der Waals surface area contributed by atoms with Crippen LogP contribution in [0.3, 0.4) is 0 Å². The van der Waals surface area contributed by atoms with Crippen molar-refractivity contribution in [3.63, 3.8) is 0 Å². The average Bonchev–Trinajstić information content (AvgIpc) is 3.33. The Morgan fingerprint density at radius 2 is 1.45 bits per heavy atom. The van der Waals surface area contributed by atoms with Gasteiger partial charge in [0.25, 0.3) is 0 Å². The quantitative estimate of drug-likeness (QED) is 0.415. The molecule has 0 atom stereocenters. The second-order valence-electron chi connectivity index (χ2n) is 7.74. The Morgan fingerprint density at radius 3 is 2.09 bits per heavy atom. The molecule has 0 amide bonds. The molecule has 1 N–H and O–H groups in total. The molecule has 6 nitrogen and oxygen atoms in total. The number of carbonyl (C=O) groups is 1. The van der Waals surface area contributed by atoms with Gasteiger partial charge in [-0.15, -0.1) is 0 Å². The maximum atomic E-state index is 13.0. The molecule has 1 aliphatic heterocycles. The van der Waals surface area contributed by atoms with Crippen LogP contribution in [0.4, 0.5) is 10.1 Å². The van der Waals surface area contributed by atoms with Crippen molar-refractivity contribution >= 4 is 11.7 Å². The monoisotopic (exact) mass is 444 g/mol. The van der Waals surface area contributed by atoms with Crippen molar-refractivity contribution in [3.8, 4) is 22.9 Å². The summed E-state index contributed by atoms with van der Waals surface area (Å²) >= 11 is 0. The zero-order chi connectivity index (χ0) is 22.8. The number of aromatic carboxylic acids is 1. The molecule has 0 radical (unpaired) electrons. The normalized spacial score (nSPS) is 13.4. The van der Waals surface area contributed by atoms with Crippen molar-refractivity contribution in [1.82, 2.24) is 4.57 Å². The zero-order valence-corrected chi connectivity index (χ0v) is 17.6. The number of carboxylic acid groups (broad SMARTS) is 1. The maximum absolute atomic E-state index is 13.0. The fraction of sp³-hybridized carbons (Fsp3) is 0.115. The SMILES string of the molecule is O=C(O)c1cccc(N2CC(Oc3ccc(Oc4ccc(F)cc4)cc3)C2)c1-n1cccc1. The highest BCUT2D eigenvalue weighted by atomic mass is 19.1. The molecular weight excluding hydrogens is 423 g/mol. The van der Waals surface area contributed by atoms with Gasteiger partial charge in [-0.2, -0.15) is 0 Å². The highest BCUT2D eigenvalue weighted by molar-refractivity contribution is 5.95. The molecule has 166 valence electrons. The minimum Gasteiger partial charge on any atom is -0.487 e. The van der Waals surface area contributed by atoms with Crippen LogP contribution in [0.1, 0.15) is 10.4 Å². The van der Waals surface area contributed by atoms with E-state index in [1.165, 1.54) is 12.1 Å². The van der Waals surface area contributed by atoms with E-state index in [2.05, 4.69) is 4.90 Å². The molecule has 3 aromatic carbocycles. The van der Waals surface area contributed by atoms with Gasteiger partial charge in [0, 0.05) is 12.4 Å². The first-order valence-electron chi connectivity index (χ1n) is 10.5. The summed E-state index contributed by atoms with van der Waals surface area (Å²) in [5, 5.41) is 9.65. The predicted molar refractivity (Wildman–Crippen MR) is 122 cm³/mol. The summed E-state index contributed by atoms with van der Waals surface area (Å²) in [6, 6.07) is 22.2. The average molecular weight is 444 g/mol. The molecule has 0 aliphatic carbocycles. The van der Waals surface area contributed by atoms with Gasteiger partial charge in [-0.1, -0.05) is 6.07 Å². The number of halogens is 1. The van der Waals surface area contributed by atoms with Gasteiger partial charge < -0.3 is 24.0 Å². The van der Waals surface area contributed by atoms with Crippen LogP contribution >= 0.6 is 0 Å². The van der Waals surface area contributed by atoms with Gasteiger partial charge in [0.2, 0.25) is 0 Å². The van der Waals surface area contributed by atoms with E-state index in [0.717, 1.165) is 11.4 Å². The van der Waals surface area contributed by atoms with Crippen LogP contribution in [0, 0.1) is 5.82 Å². The number of hydrogen-bond acceptors (Lipinski definition) is 4. The molecule has 0 spiro atoms. The van der Waals surface area contributed by atoms with Crippen molar-refractivity contribution in [3.05, 3.63) is 103 Å². The van der Waals surface area contributed by atoms with Gasteiger partial charge in [0.1, 0.15) is 29.2 Å². The summed E-state index contributed by atoms with van der Waals surface area (Å²) < 4.78 is 26.6. The molecule has 2 heterocycles. The van der Waals surface area contributed by atoms with Crippen LogP contribution < -0.4 is 14.4 Å². The van der Waals surface area contributed by atoms with Crippen LogP contribution in [0.15, 0.2) is 91.3 Å². The minimum absolute atomic E-state index is 0.0140. The van der Waals surface area contributed by atoms with E-state index in [1.807, 2.05) is 47.3 Å². The first-order valence-corrected chi connectivity index (χ1v) is 10.5. The Balaban J connectivity index is 1.24. The first kappa shape index (κ1) is 20.6. The Hall–Kier alpha value is -4.26. The van der Waals surface area contributed by atoms with Gasteiger partial charge in [0.15, 0.2) is 0 Å². The molecule has 0 saturated carbocycles. The van der Waals surface area contributed by atoms with Crippen molar-refractivity contribution in [2.45, 2.75) is 6.10 Å². The topological polar surface area (TPSA) is 63.9 Å². The molecule has 1 aliphatic rings. The molecule has 0 bridgehead atoms. The smallest absolute Gasteiger partial charge is 0.337 e. The van der Waals surface area contributed by atoms with Crippen LogP contribution in [0.5, 0.6) is 17.2 Å². The summed E-state index contributed by atoms with van der Waals surface area (Å²) in [6.45, 7) is 1.29. The van der Waals surface area contributed by atoms with E-state index in [0.29, 0.717) is 30.3 Å². The summed E-state index contributed by atoms with van der Waals surface area (Å²) in [5.74, 6) is 0.636. The molecule has 1 fully saturated rings. The van der Waals surface area contributed by atoms with E-state index in [-0.39, 0.29) is 17.5 Å². The fourth-order valence-electron chi connectivity index (χ4n) is 3.84. The van der Waals surface area contributed by atoms with E-state index in [4.69, 9.17) is 9.47 Å². The number of carboxylic acids is 1. The van der Waals surface area contributed by atoms with Crippen molar-refractivity contribution in [2.75, 3.05) is 18.0 Å². The fourth-order valence-corrected chi connectivity index (χ4v) is 3.84. The number of rotatable bonds is 7. The molecule has 1 aromatic heterocycles. The maximum Gasteiger partial charge on any atom is 0.337 e. The first-order chi connectivity index (χ1) is 16.1. The van der Waals surface area contributed by atoms with Gasteiger partial charge in [-0.3, -0.25) is 0 Å². The van der Waals surface area contributed by atoms with Crippen LogP contribution in [0.25, 0.3) is 5.69 Å². The predicted octanol–water partition coefficient (Wildman–Crippen LogP) is 5.37. The largest absolute Gasteiger partial charge is 0.487 e. The lowest BCUT2D eigenvalue weighted by Gasteiger charge is -2.41. The summed E-state index contributed by atoms with van der Waals surface area (Å²) in [7, 11) is 0. The lowest BCUT2D eigenvalue weighted by atomic mass is 10.1. The van der Waals surface area contributed by atoms with Crippen LogP contribution in [0.2, 0.25) is 0 Å². The summed E-state index contributed by atoms with van der Waals surface area (Å²) in [5.41, 5.74) is 1.76. The van der Waals surface area contributed by atoms with E-state index >= 15 is 0 Å². The molecule has 0 unspecified atom stereocenters. The standard InChI is InChI=1S/C26H21FN2O4/c27-18-6-8-19(9-7-18)32-20-10-12-21(13-11-20)33-22-16-29(17-22)24-5-3-4-23(26(30)31)25(24)28-14-1-2-15-28/h1-15,22H,16-17H2,(H,30,31). The highest BCUT2D eigenvalue weighted by Gasteiger charge is 2.31. The third-order valence-corrected chi connectivity index (χ3v) is 5.47.